The molecule has 0 heterocycles. The average molecular weight is 381 g/mol. The predicted octanol–water partition coefficient (Wildman–Crippen LogP) is 2.09. The molecule has 0 aromatic heterocycles. The largest absolute Gasteiger partial charge is 0.495 e. The van der Waals surface area contributed by atoms with Crippen LogP contribution in [-0.4, -0.2) is 46.1 Å². The third-order valence-corrected chi connectivity index (χ3v) is 5.88. The Hall–Kier alpha value is -0.830. The van der Waals surface area contributed by atoms with Gasteiger partial charge in [-0.25, -0.2) is 8.42 Å². The van der Waals surface area contributed by atoms with Gasteiger partial charge in [0.25, 0.3) is 0 Å². The molecule has 1 rings (SSSR count). The van der Waals surface area contributed by atoms with Gasteiger partial charge >= 0.3 is 0 Å². The molecule has 0 spiro atoms. The van der Waals surface area contributed by atoms with Crippen LogP contribution in [0.5, 0.6) is 5.75 Å². The second-order valence-electron chi connectivity index (χ2n) is 4.54. The first-order valence-electron chi connectivity index (χ1n) is 6.43. The van der Waals surface area contributed by atoms with Crippen LogP contribution in [0, 0.1) is 0 Å². The Morgan fingerprint density at radius 2 is 2.00 bits per heavy atom. The minimum Gasteiger partial charge on any atom is -0.495 e. The smallest absolute Gasteiger partial charge is 0.247 e. The molecule has 1 unspecified atom stereocenters. The van der Waals surface area contributed by atoms with Crippen molar-refractivity contribution >= 4 is 31.6 Å². The first-order valence-corrected chi connectivity index (χ1v) is 8.66. The van der Waals surface area contributed by atoms with Crippen LogP contribution in [0.2, 0.25) is 0 Å². The number of rotatable bonds is 7. The molecule has 0 aliphatic carbocycles. The van der Waals surface area contributed by atoms with Crippen molar-refractivity contribution in [3.8, 4) is 5.75 Å². The van der Waals surface area contributed by atoms with E-state index in [4.69, 9.17) is 15.2 Å². The van der Waals surface area contributed by atoms with E-state index in [1.165, 1.54) is 24.6 Å². The van der Waals surface area contributed by atoms with E-state index in [0.717, 1.165) is 0 Å². The topological polar surface area (TPSA) is 81.9 Å². The van der Waals surface area contributed by atoms with Gasteiger partial charge in [-0.15, -0.1) is 0 Å². The number of likely N-dealkylation sites (N-methyl/N-ethyl adjacent to an activating group) is 1. The highest BCUT2D eigenvalue weighted by molar-refractivity contribution is 9.10. The lowest BCUT2D eigenvalue weighted by Gasteiger charge is -2.27. The predicted molar refractivity (Wildman–Crippen MR) is 86.0 cm³/mol. The fraction of sp³-hybridized carbons (Fsp3) is 0.538. The van der Waals surface area contributed by atoms with Crippen molar-refractivity contribution in [3.63, 3.8) is 0 Å². The van der Waals surface area contributed by atoms with E-state index < -0.39 is 10.0 Å². The number of hydrogen-bond acceptors (Lipinski definition) is 5. The van der Waals surface area contributed by atoms with Gasteiger partial charge in [0.15, 0.2) is 0 Å². The number of ether oxygens (including phenoxy) is 2. The van der Waals surface area contributed by atoms with Crippen LogP contribution in [-0.2, 0) is 14.8 Å². The number of anilines is 1. The maximum atomic E-state index is 12.8. The third kappa shape index (κ3) is 3.88. The fourth-order valence-electron chi connectivity index (χ4n) is 2.08. The molecule has 1 aromatic carbocycles. The molecule has 1 aromatic rings. The Balaban J connectivity index is 3.38. The van der Waals surface area contributed by atoms with Gasteiger partial charge in [-0.1, -0.05) is 6.92 Å². The number of nitrogen functional groups attached to an aromatic ring is 1. The molecule has 0 saturated carbocycles. The molecule has 1 atom stereocenters. The molecule has 0 bridgehead atoms. The monoisotopic (exact) mass is 380 g/mol. The van der Waals surface area contributed by atoms with Crippen LogP contribution in [0.4, 0.5) is 5.69 Å². The summed E-state index contributed by atoms with van der Waals surface area (Å²) in [6.07, 6.45) is 0. The van der Waals surface area contributed by atoms with Gasteiger partial charge < -0.3 is 15.2 Å². The summed E-state index contributed by atoms with van der Waals surface area (Å²) in [7, 11) is -0.768. The van der Waals surface area contributed by atoms with Gasteiger partial charge in [0, 0.05) is 29.9 Å². The van der Waals surface area contributed by atoms with E-state index in [1.54, 1.807) is 19.9 Å². The molecule has 0 aliphatic heterocycles. The first kappa shape index (κ1) is 18.2. The van der Waals surface area contributed by atoms with Gasteiger partial charge in [-0.2, -0.15) is 4.31 Å². The zero-order valence-corrected chi connectivity index (χ0v) is 15.0. The lowest BCUT2D eigenvalue weighted by Crippen LogP contribution is -2.41. The Kier molecular flexibility index (Phi) is 6.45. The summed E-state index contributed by atoms with van der Waals surface area (Å²) < 4.78 is 37.9. The fourth-order valence-corrected chi connectivity index (χ4v) is 4.20. The zero-order valence-electron chi connectivity index (χ0n) is 12.6. The molecule has 0 fully saturated rings. The normalized spacial score (nSPS) is 13.4. The van der Waals surface area contributed by atoms with Crippen LogP contribution >= 0.6 is 15.9 Å². The van der Waals surface area contributed by atoms with E-state index in [9.17, 15) is 8.42 Å². The number of nitrogens with zero attached hydrogens (tertiary/aromatic N) is 1. The summed E-state index contributed by atoms with van der Waals surface area (Å²) in [5.74, 6) is 0.249. The second-order valence-corrected chi connectivity index (χ2v) is 7.25. The van der Waals surface area contributed by atoms with E-state index in [2.05, 4.69) is 15.9 Å². The summed E-state index contributed by atoms with van der Waals surface area (Å²) in [6.45, 7) is 4.20. The SMILES string of the molecule is CCN(C(C)COC)S(=O)(=O)c1cc(N)c(Br)cc1OC. The molecular weight excluding hydrogens is 360 g/mol. The van der Waals surface area contributed by atoms with Gasteiger partial charge in [0.05, 0.1) is 13.7 Å². The minimum atomic E-state index is -3.73. The minimum absolute atomic E-state index is 0.0514. The Morgan fingerprint density at radius 1 is 1.38 bits per heavy atom. The molecular formula is C13H21BrN2O4S. The van der Waals surface area contributed by atoms with Crippen LogP contribution in [0.25, 0.3) is 0 Å². The average Bonchev–Trinajstić information content (AvgIpc) is 2.41. The Bertz CT molecular complexity index is 592. The molecule has 120 valence electrons. The van der Waals surface area contributed by atoms with Crippen LogP contribution in [0.1, 0.15) is 13.8 Å². The number of halogens is 1. The number of hydrogen-bond donors (Lipinski definition) is 1. The van der Waals surface area contributed by atoms with Crippen molar-refractivity contribution < 1.29 is 17.9 Å². The highest BCUT2D eigenvalue weighted by atomic mass is 79.9. The van der Waals surface area contributed by atoms with Gasteiger partial charge in [-0.05, 0) is 35.0 Å². The van der Waals surface area contributed by atoms with Crippen molar-refractivity contribution in [2.45, 2.75) is 24.8 Å². The Morgan fingerprint density at radius 3 is 2.48 bits per heavy atom. The molecule has 8 heteroatoms. The van der Waals surface area contributed by atoms with E-state index in [-0.39, 0.29) is 16.7 Å². The van der Waals surface area contributed by atoms with Crippen molar-refractivity contribution in [3.05, 3.63) is 16.6 Å². The standard InChI is InChI=1S/C13H21BrN2O4S/c1-5-16(9(2)8-19-3)21(17,18)13-7-11(15)10(14)6-12(13)20-4/h6-7,9H,5,8,15H2,1-4H3. The molecule has 0 aliphatic rings. The van der Waals surface area contributed by atoms with Gasteiger partial charge in [0.1, 0.15) is 10.6 Å². The molecule has 0 amide bonds. The van der Waals surface area contributed by atoms with Crippen molar-refractivity contribution in [1.29, 1.82) is 0 Å². The highest BCUT2D eigenvalue weighted by Crippen LogP contribution is 2.34. The van der Waals surface area contributed by atoms with Crippen molar-refractivity contribution in [1.82, 2.24) is 4.31 Å². The zero-order chi connectivity index (χ0) is 16.2. The number of methoxy groups -OCH3 is 2. The third-order valence-electron chi connectivity index (χ3n) is 3.08. The summed E-state index contributed by atoms with van der Waals surface area (Å²) in [5, 5.41) is 0. The maximum absolute atomic E-state index is 12.8. The summed E-state index contributed by atoms with van der Waals surface area (Å²) in [4.78, 5) is 0.0514. The van der Waals surface area contributed by atoms with E-state index in [0.29, 0.717) is 23.3 Å². The van der Waals surface area contributed by atoms with E-state index >= 15 is 0 Å². The summed E-state index contributed by atoms with van der Waals surface area (Å²) in [5.41, 5.74) is 6.15. The summed E-state index contributed by atoms with van der Waals surface area (Å²) in [6, 6.07) is 2.66. The van der Waals surface area contributed by atoms with Crippen LogP contribution in [0.15, 0.2) is 21.5 Å². The highest BCUT2D eigenvalue weighted by Gasteiger charge is 2.31. The summed E-state index contributed by atoms with van der Waals surface area (Å²) >= 11 is 3.26. The number of nitrogens with two attached hydrogens (primary N) is 1. The molecule has 2 N–H and O–H groups in total. The molecule has 21 heavy (non-hydrogen) atoms. The van der Waals surface area contributed by atoms with Crippen molar-refractivity contribution in [2.24, 2.45) is 0 Å². The van der Waals surface area contributed by atoms with Gasteiger partial charge in [-0.3, -0.25) is 0 Å². The molecule has 6 nitrogen and oxygen atoms in total. The Labute approximate surface area is 134 Å². The quantitative estimate of drug-likeness (QED) is 0.732. The van der Waals surface area contributed by atoms with Crippen LogP contribution in [0.3, 0.4) is 0 Å². The van der Waals surface area contributed by atoms with Gasteiger partial charge in [0.2, 0.25) is 10.0 Å². The first-order chi connectivity index (χ1) is 9.79. The van der Waals surface area contributed by atoms with E-state index in [1.807, 2.05) is 0 Å². The second kappa shape index (κ2) is 7.44. The maximum Gasteiger partial charge on any atom is 0.247 e. The lowest BCUT2D eigenvalue weighted by atomic mass is 10.3. The van der Waals surface area contributed by atoms with Crippen LogP contribution < -0.4 is 10.5 Å². The molecule has 0 saturated heterocycles. The lowest BCUT2D eigenvalue weighted by molar-refractivity contribution is 0.142. The number of benzene rings is 1. The molecule has 0 radical (unpaired) electrons. The van der Waals surface area contributed by atoms with Crippen molar-refractivity contribution in [2.75, 3.05) is 33.1 Å². The number of sulfonamides is 1.